The fourth-order valence-electron chi connectivity index (χ4n) is 0.702. The molecule has 0 fully saturated rings. The van der Waals surface area contributed by atoms with Crippen LogP contribution in [0.4, 0.5) is 17.6 Å². The van der Waals surface area contributed by atoms with Crippen LogP contribution < -0.4 is 58.2 Å². The van der Waals surface area contributed by atoms with Crippen LogP contribution in [0.2, 0.25) is 0 Å². The Morgan fingerprint density at radius 1 is 1.25 bits per heavy atom. The summed E-state index contributed by atoms with van der Waals surface area (Å²) in [5, 5.41) is -4.71. The second kappa shape index (κ2) is 6.21. The molecule has 0 bridgehead atoms. The van der Waals surface area contributed by atoms with Gasteiger partial charge >= 0.3 is 63.4 Å². The average Bonchev–Trinajstić information content (AvgIpc) is 1.97. The third-order valence-electron chi connectivity index (χ3n) is 1.38. The van der Waals surface area contributed by atoms with Gasteiger partial charge < -0.3 is 9.10 Å². The normalized spacial score (nSPS) is 12.9. The van der Waals surface area contributed by atoms with Crippen LogP contribution in [-0.2, 0) is 14.8 Å². The number of hydrogen-bond donors (Lipinski definition) is 0. The van der Waals surface area contributed by atoms with Crippen molar-refractivity contribution < 1.29 is 89.0 Å². The summed E-state index contributed by atoms with van der Waals surface area (Å²) in [4.78, 5) is 9.86. The second-order valence-corrected chi connectivity index (χ2v) is 5.04. The van der Waals surface area contributed by atoms with Gasteiger partial charge in [-0.2, -0.15) is 8.78 Å². The molecule has 0 aromatic rings. The van der Waals surface area contributed by atoms with Gasteiger partial charge in [-0.15, -0.1) is 6.41 Å². The largest absolute Gasteiger partial charge is 1.00 e. The number of alkyl halides is 4. The predicted octanol–water partition coefficient (Wildman–Crippen LogP) is -2.04. The average molecular weight is 336 g/mol. The van der Waals surface area contributed by atoms with E-state index in [9.17, 15) is 30.8 Å². The summed E-state index contributed by atoms with van der Waals surface area (Å²) < 4.78 is 71.4. The molecule has 0 N–H and O–H groups in total. The number of sulfonamides is 1. The molecule has 0 aromatic heterocycles. The Morgan fingerprint density at radius 2 is 1.62 bits per heavy atom. The van der Waals surface area contributed by atoms with E-state index < -0.39 is 31.9 Å². The summed E-state index contributed by atoms with van der Waals surface area (Å²) in [6.07, 6.45) is -1.52. The topological polar surface area (TPSA) is 54.5 Å². The van der Waals surface area contributed by atoms with Crippen molar-refractivity contribution in [2.75, 3.05) is 7.05 Å². The summed E-state index contributed by atoms with van der Waals surface area (Å²) in [6.45, 7) is 0.154. The summed E-state index contributed by atoms with van der Waals surface area (Å²) in [5.41, 5.74) is 0. The van der Waals surface area contributed by atoms with E-state index in [2.05, 4.69) is 0 Å². The Labute approximate surface area is 139 Å². The number of amides is 1. The molecule has 0 aromatic carbocycles. The van der Waals surface area contributed by atoms with Crippen molar-refractivity contribution in [3.05, 3.63) is 0 Å². The van der Waals surface area contributed by atoms with E-state index in [4.69, 9.17) is 0 Å². The van der Waals surface area contributed by atoms with Crippen molar-refractivity contribution in [2.24, 2.45) is 0 Å². The zero-order valence-corrected chi connectivity index (χ0v) is 14.5. The molecule has 0 saturated carbocycles. The predicted molar refractivity (Wildman–Crippen MR) is 42.6 cm³/mol. The molecule has 1 amide bonds. The molecule has 0 saturated heterocycles. The van der Waals surface area contributed by atoms with Gasteiger partial charge in [0.25, 0.3) is 15.9 Å². The maximum Gasteiger partial charge on any atom is 1.00 e. The number of hydrogen-bond acceptors (Lipinski definition) is 3. The van der Waals surface area contributed by atoms with Crippen LogP contribution in [0.25, 0.3) is 0 Å². The van der Waals surface area contributed by atoms with Gasteiger partial charge in [-0.25, -0.2) is 17.2 Å². The van der Waals surface area contributed by atoms with Crippen molar-refractivity contribution >= 4 is 16.4 Å². The molecule has 0 spiro atoms. The molecule has 0 heterocycles. The minimum atomic E-state index is -5.43. The monoisotopic (exact) mass is 335 g/mol. The van der Waals surface area contributed by atoms with E-state index in [-0.39, 0.29) is 65.1 Å². The van der Waals surface area contributed by atoms with Gasteiger partial charge in [-0.1, -0.05) is 0 Å². The van der Waals surface area contributed by atoms with Gasteiger partial charge in [0, 0.05) is 0 Å². The van der Waals surface area contributed by atoms with Crippen LogP contribution in [0.15, 0.2) is 0 Å². The number of rotatable bonds is 5. The molecular weight excluding hydrogens is 328 g/mol. The fourth-order valence-corrected chi connectivity index (χ4v) is 1.64. The summed E-state index contributed by atoms with van der Waals surface area (Å²) >= 11 is 0. The van der Waals surface area contributed by atoms with Crippen LogP contribution in [0.3, 0.4) is 0 Å². The molecule has 0 aliphatic carbocycles. The standard InChI is InChI=1S/C6H8F4NO3S.Rb/c1-5(7,8)3-6(9,10)15(13,14)11(2)4-12;/h3H2,1-2H3;/q-1;+1. The van der Waals surface area contributed by atoms with Crippen LogP contribution in [0.1, 0.15) is 13.3 Å². The van der Waals surface area contributed by atoms with Gasteiger partial charge in [0.1, 0.15) is 0 Å². The molecule has 0 rings (SSSR count). The van der Waals surface area contributed by atoms with E-state index in [1.54, 1.807) is 0 Å². The number of halogens is 4. The van der Waals surface area contributed by atoms with Crippen molar-refractivity contribution in [1.29, 1.82) is 0 Å². The summed E-state index contributed by atoms with van der Waals surface area (Å²) in [6, 6.07) is 0. The third kappa shape index (κ3) is 5.07. The summed E-state index contributed by atoms with van der Waals surface area (Å²) in [7, 11) is -4.94. The number of carbonyl (C=O) groups excluding carboxylic acids is 1. The number of nitrogens with zero attached hydrogens (tertiary/aromatic N) is 1. The van der Waals surface area contributed by atoms with Crippen LogP contribution in [-0.4, -0.2) is 37.4 Å². The van der Waals surface area contributed by atoms with Crippen molar-refractivity contribution in [1.82, 2.24) is 4.31 Å². The molecule has 0 radical (unpaired) electrons. The Balaban J connectivity index is 0. The van der Waals surface area contributed by atoms with E-state index in [1.807, 2.05) is 0 Å². The first kappa shape index (κ1) is 19.3. The van der Waals surface area contributed by atoms with Gasteiger partial charge in [-0.3, -0.25) is 0 Å². The molecule has 0 aliphatic rings. The minimum absolute atomic E-state index is 0. The summed E-state index contributed by atoms with van der Waals surface area (Å²) in [5.74, 6) is -3.86. The van der Waals surface area contributed by atoms with Crippen LogP contribution in [0.5, 0.6) is 0 Å². The van der Waals surface area contributed by atoms with Crippen LogP contribution in [0, 0.1) is 0 Å². The zero-order chi connectivity index (χ0) is 12.5. The van der Waals surface area contributed by atoms with E-state index in [0.717, 1.165) is 0 Å². The first-order valence-corrected chi connectivity index (χ1v) is 5.00. The Hall–Kier alpha value is 0.945. The van der Waals surface area contributed by atoms with Gasteiger partial charge in [0.05, 0.1) is 6.42 Å². The maximum atomic E-state index is 12.8. The molecule has 16 heavy (non-hydrogen) atoms. The Kier molecular flexibility index (Phi) is 7.49. The zero-order valence-electron chi connectivity index (χ0n) is 8.80. The van der Waals surface area contributed by atoms with Gasteiger partial charge in [0.15, 0.2) is 0 Å². The quantitative estimate of drug-likeness (QED) is 0.330. The Morgan fingerprint density at radius 3 is 1.88 bits per heavy atom. The minimum Gasteiger partial charge on any atom is -0.519 e. The molecule has 90 valence electrons. The fraction of sp³-hybridized carbons (Fsp3) is 0.833. The smallest absolute Gasteiger partial charge is 0.519 e. The van der Waals surface area contributed by atoms with E-state index in [0.29, 0.717) is 13.5 Å². The van der Waals surface area contributed by atoms with Crippen molar-refractivity contribution in [3.8, 4) is 0 Å². The van der Waals surface area contributed by atoms with Gasteiger partial charge in [0.2, 0.25) is 0 Å². The maximum absolute atomic E-state index is 12.8. The Bertz CT molecular complexity index is 340. The first-order valence-electron chi connectivity index (χ1n) is 3.56. The van der Waals surface area contributed by atoms with Crippen LogP contribution >= 0.6 is 0 Å². The molecule has 10 heteroatoms. The third-order valence-corrected chi connectivity index (χ3v) is 3.08. The second-order valence-electron chi connectivity index (χ2n) is 2.95. The van der Waals surface area contributed by atoms with E-state index >= 15 is 0 Å². The van der Waals surface area contributed by atoms with Gasteiger partial charge in [-0.05, 0) is 14.0 Å². The molecule has 0 aliphatic heterocycles. The van der Waals surface area contributed by atoms with E-state index in [1.165, 1.54) is 0 Å². The first-order chi connectivity index (χ1) is 6.44. The molecule has 0 unspecified atom stereocenters. The molecule has 4 nitrogen and oxygen atoms in total. The SMILES string of the molecule is CN([C-]=O)S(=O)(=O)C(F)(F)CC(C)(F)F.[Rb+]. The molecule has 0 atom stereocenters. The molecular formula is C6H8F4NO3RbS. The van der Waals surface area contributed by atoms with Crippen molar-refractivity contribution in [3.63, 3.8) is 0 Å². The van der Waals surface area contributed by atoms with Crippen molar-refractivity contribution in [2.45, 2.75) is 24.5 Å².